The van der Waals surface area contributed by atoms with Gasteiger partial charge in [-0.1, -0.05) is 0 Å². The first-order chi connectivity index (χ1) is 13.6. The van der Waals surface area contributed by atoms with Crippen molar-refractivity contribution < 1.29 is 24.0 Å². The van der Waals surface area contributed by atoms with E-state index in [1.807, 2.05) is 0 Å². The van der Waals surface area contributed by atoms with Crippen LogP contribution in [0.5, 0.6) is 0 Å². The summed E-state index contributed by atoms with van der Waals surface area (Å²) in [7, 11) is 2.46. The van der Waals surface area contributed by atoms with Crippen LogP contribution in [0.2, 0.25) is 0 Å². The van der Waals surface area contributed by atoms with Gasteiger partial charge in [0.1, 0.15) is 0 Å². The molecule has 0 bridgehead atoms. The van der Waals surface area contributed by atoms with E-state index >= 15 is 0 Å². The Labute approximate surface area is 176 Å². The fraction of sp³-hybridized carbons (Fsp3) is 0.368. The topological polar surface area (TPSA) is 125 Å². The number of allylic oxidation sites excluding steroid dienone is 1. The van der Waals surface area contributed by atoms with E-state index in [1.54, 1.807) is 31.0 Å². The van der Waals surface area contributed by atoms with Crippen molar-refractivity contribution in [3.63, 3.8) is 0 Å². The third-order valence-electron chi connectivity index (χ3n) is 4.65. The molecule has 0 saturated carbocycles. The molecule has 10 heteroatoms. The molecule has 1 aromatic rings. The SMILES string of the molecule is COC(=O)C1=CN(C([SeH])C(C)N)C(C)=C(C(=O)OC)C1c1cccc([N+](=O)[O-])c1. The van der Waals surface area contributed by atoms with Gasteiger partial charge in [0.05, 0.1) is 0 Å². The minimum absolute atomic E-state index is 0.149. The molecule has 0 aromatic heterocycles. The quantitative estimate of drug-likeness (QED) is 0.285. The van der Waals surface area contributed by atoms with Crippen LogP contribution in [0.3, 0.4) is 0 Å². The summed E-state index contributed by atoms with van der Waals surface area (Å²) in [6.07, 6.45) is 1.57. The number of benzene rings is 1. The van der Waals surface area contributed by atoms with Crippen LogP contribution in [0.4, 0.5) is 5.69 Å². The number of carbonyl (C=O) groups excluding carboxylic acids is 2. The summed E-state index contributed by atoms with van der Waals surface area (Å²) >= 11 is 2.40. The number of non-ortho nitro benzene ring substituents is 1. The van der Waals surface area contributed by atoms with Gasteiger partial charge in [-0.05, 0) is 0 Å². The Morgan fingerprint density at radius 1 is 1.28 bits per heavy atom. The zero-order valence-corrected chi connectivity index (χ0v) is 18.4. The van der Waals surface area contributed by atoms with Gasteiger partial charge in [0, 0.05) is 0 Å². The van der Waals surface area contributed by atoms with Crippen molar-refractivity contribution in [3.05, 3.63) is 63.0 Å². The molecule has 3 unspecified atom stereocenters. The second-order valence-corrected chi connectivity index (χ2v) is 7.64. The van der Waals surface area contributed by atoms with Crippen LogP contribution in [0.25, 0.3) is 0 Å². The molecule has 0 saturated heterocycles. The molecule has 2 rings (SSSR count). The second-order valence-electron chi connectivity index (χ2n) is 6.53. The number of carbonyl (C=O) groups is 2. The van der Waals surface area contributed by atoms with Crippen molar-refractivity contribution in [1.82, 2.24) is 4.90 Å². The molecule has 0 radical (unpaired) electrons. The van der Waals surface area contributed by atoms with Crippen LogP contribution in [0.15, 0.2) is 47.3 Å². The molecule has 9 nitrogen and oxygen atoms in total. The van der Waals surface area contributed by atoms with E-state index in [-0.39, 0.29) is 27.8 Å². The zero-order chi connectivity index (χ0) is 21.9. The predicted octanol–water partition coefficient (Wildman–Crippen LogP) is 1.07. The van der Waals surface area contributed by atoms with Crippen molar-refractivity contribution in [3.8, 4) is 0 Å². The number of hydrogen-bond acceptors (Lipinski definition) is 8. The predicted molar refractivity (Wildman–Crippen MR) is 107 cm³/mol. The van der Waals surface area contributed by atoms with Crippen molar-refractivity contribution in [1.29, 1.82) is 0 Å². The maximum absolute atomic E-state index is 12.7. The van der Waals surface area contributed by atoms with Crippen molar-refractivity contribution in [2.45, 2.75) is 30.7 Å². The molecule has 0 fully saturated rings. The first-order valence-electron chi connectivity index (χ1n) is 8.69. The molecule has 0 amide bonds. The molecule has 3 atom stereocenters. The third-order valence-corrected chi connectivity index (χ3v) is 6.16. The number of nitro groups is 1. The molecule has 2 N–H and O–H groups in total. The van der Waals surface area contributed by atoms with Gasteiger partial charge >= 0.3 is 176 Å². The number of ether oxygens (including phenoxy) is 2. The average molecular weight is 468 g/mol. The summed E-state index contributed by atoms with van der Waals surface area (Å²) in [6, 6.07) is 5.49. The summed E-state index contributed by atoms with van der Waals surface area (Å²) in [5, 5.41) is 11.2. The van der Waals surface area contributed by atoms with E-state index in [0.29, 0.717) is 11.3 Å². The Morgan fingerprint density at radius 3 is 2.41 bits per heavy atom. The van der Waals surface area contributed by atoms with Crippen molar-refractivity contribution in [2.24, 2.45) is 5.73 Å². The molecule has 0 spiro atoms. The molecule has 0 aliphatic carbocycles. The van der Waals surface area contributed by atoms with Gasteiger partial charge in [-0.3, -0.25) is 0 Å². The first-order valence-corrected chi connectivity index (χ1v) is 9.77. The number of nitro benzene ring substituents is 1. The molecule has 1 aliphatic rings. The molecule has 1 aromatic carbocycles. The summed E-state index contributed by atoms with van der Waals surface area (Å²) in [6.45, 7) is 3.51. The number of nitrogens with zero attached hydrogens (tertiary/aromatic N) is 2. The number of nitrogens with two attached hydrogens (primary N) is 1. The van der Waals surface area contributed by atoms with E-state index < -0.39 is 22.8 Å². The maximum atomic E-state index is 12.7. The fourth-order valence-electron chi connectivity index (χ4n) is 3.18. The summed E-state index contributed by atoms with van der Waals surface area (Å²) in [5.74, 6) is -2.20. The molecule has 156 valence electrons. The normalized spacial score (nSPS) is 18.6. The third kappa shape index (κ3) is 4.50. The van der Waals surface area contributed by atoms with E-state index in [0.717, 1.165) is 0 Å². The standard InChI is InChI=1S/C19H23N3O6Se/c1-10(20)17(29)21-9-14(18(23)27-3)16(15(11(21)2)19(24)28-4)12-6-5-7-13(8-12)22(25)26/h5-10,16-17,29H,20H2,1-4H3. The van der Waals surface area contributed by atoms with Gasteiger partial charge in [0.2, 0.25) is 0 Å². The monoisotopic (exact) mass is 469 g/mol. The van der Waals surface area contributed by atoms with Gasteiger partial charge in [-0.15, -0.1) is 0 Å². The first kappa shape index (κ1) is 22.6. The van der Waals surface area contributed by atoms with Crippen molar-refractivity contribution in [2.75, 3.05) is 14.2 Å². The number of esters is 2. The Hall–Kier alpha value is -2.68. The molecule has 1 heterocycles. The molecular weight excluding hydrogens is 445 g/mol. The van der Waals surface area contributed by atoms with Gasteiger partial charge in [0.25, 0.3) is 0 Å². The van der Waals surface area contributed by atoms with Crippen LogP contribution in [-0.4, -0.2) is 63.0 Å². The van der Waals surface area contributed by atoms with Gasteiger partial charge in [-0.25, -0.2) is 0 Å². The Kier molecular flexibility index (Phi) is 7.18. The fourth-order valence-corrected chi connectivity index (χ4v) is 3.68. The summed E-state index contributed by atoms with van der Waals surface area (Å²) in [5.41, 5.74) is 7.13. The number of hydrogen-bond donors (Lipinski definition) is 1. The molecule has 1 aliphatic heterocycles. The summed E-state index contributed by atoms with van der Waals surface area (Å²) < 4.78 is 9.89. The number of rotatable bonds is 6. The second kappa shape index (κ2) is 9.21. The van der Waals surface area contributed by atoms with Crippen LogP contribution in [-0.2, 0) is 19.1 Å². The van der Waals surface area contributed by atoms with Crippen LogP contribution in [0.1, 0.15) is 25.3 Å². The van der Waals surface area contributed by atoms with E-state index in [4.69, 9.17) is 15.2 Å². The Balaban J connectivity index is 2.77. The van der Waals surface area contributed by atoms with Gasteiger partial charge in [0.15, 0.2) is 0 Å². The van der Waals surface area contributed by atoms with Crippen molar-refractivity contribution >= 4 is 33.6 Å². The Morgan fingerprint density at radius 2 is 1.90 bits per heavy atom. The van der Waals surface area contributed by atoms with E-state index in [2.05, 4.69) is 16.0 Å². The average Bonchev–Trinajstić information content (AvgIpc) is 2.71. The Bertz CT molecular complexity index is 896. The van der Waals surface area contributed by atoms with Gasteiger partial charge in [-0.2, -0.15) is 0 Å². The summed E-state index contributed by atoms with van der Waals surface area (Å²) in [4.78, 5) is 37.4. The van der Waals surface area contributed by atoms with Crippen LogP contribution < -0.4 is 5.73 Å². The molecular formula is C19H23N3O6Se. The number of methoxy groups -OCH3 is 2. The van der Waals surface area contributed by atoms with E-state index in [1.165, 1.54) is 32.4 Å². The van der Waals surface area contributed by atoms with E-state index in [9.17, 15) is 19.7 Å². The zero-order valence-electron chi connectivity index (χ0n) is 16.5. The van der Waals surface area contributed by atoms with Gasteiger partial charge < -0.3 is 0 Å². The minimum atomic E-state index is -0.890. The van der Waals surface area contributed by atoms with Crippen LogP contribution >= 0.6 is 0 Å². The van der Waals surface area contributed by atoms with Crippen LogP contribution in [0, 0.1) is 10.1 Å². The molecule has 29 heavy (non-hydrogen) atoms.